The lowest BCUT2D eigenvalue weighted by Crippen LogP contribution is -2.17. The van der Waals surface area contributed by atoms with Crippen LogP contribution in [0.1, 0.15) is 21.5 Å². The fourth-order valence-electron chi connectivity index (χ4n) is 1.97. The molecule has 0 atom stereocenters. The number of benzene rings is 2. The Morgan fingerprint density at radius 3 is 2.80 bits per heavy atom. The second-order valence-electron chi connectivity index (χ2n) is 5.07. The molecule has 0 radical (unpaired) electrons. The molecule has 6 heteroatoms. The minimum Gasteiger partial charge on any atom is -0.493 e. The van der Waals surface area contributed by atoms with Gasteiger partial charge in [-0.3, -0.25) is 4.79 Å². The number of amides is 1. The number of halogens is 1. The summed E-state index contributed by atoms with van der Waals surface area (Å²) in [6.45, 7) is 2.02. The van der Waals surface area contributed by atoms with E-state index in [4.69, 9.17) is 27.5 Å². The molecule has 0 aromatic heterocycles. The highest BCUT2D eigenvalue weighted by molar-refractivity contribution is 6.31. The second kappa shape index (κ2) is 8.76. The van der Waals surface area contributed by atoms with E-state index in [1.807, 2.05) is 6.92 Å². The van der Waals surface area contributed by atoms with Crippen molar-refractivity contribution < 1.29 is 14.3 Å². The SMILES string of the molecule is C#CCOc1ccc(/C=N\NC(=O)c2ccc(C)c(Cl)c2)cc1OC. The van der Waals surface area contributed by atoms with Gasteiger partial charge in [0.05, 0.1) is 13.3 Å². The van der Waals surface area contributed by atoms with Gasteiger partial charge in [-0.2, -0.15) is 5.10 Å². The zero-order valence-corrected chi connectivity index (χ0v) is 14.6. The molecule has 25 heavy (non-hydrogen) atoms. The summed E-state index contributed by atoms with van der Waals surface area (Å²) in [7, 11) is 1.53. The highest BCUT2D eigenvalue weighted by Gasteiger charge is 2.07. The number of nitrogens with zero attached hydrogens (tertiary/aromatic N) is 1. The van der Waals surface area contributed by atoms with Gasteiger partial charge in [0.25, 0.3) is 5.91 Å². The van der Waals surface area contributed by atoms with Crippen molar-refractivity contribution in [3.63, 3.8) is 0 Å². The van der Waals surface area contributed by atoms with Crippen LogP contribution in [0.4, 0.5) is 0 Å². The maximum absolute atomic E-state index is 12.0. The van der Waals surface area contributed by atoms with Crippen molar-refractivity contribution in [1.82, 2.24) is 5.43 Å². The maximum Gasteiger partial charge on any atom is 0.271 e. The topological polar surface area (TPSA) is 59.9 Å². The van der Waals surface area contributed by atoms with Crippen molar-refractivity contribution in [2.75, 3.05) is 13.7 Å². The summed E-state index contributed by atoms with van der Waals surface area (Å²) < 4.78 is 10.6. The van der Waals surface area contributed by atoms with Crippen molar-refractivity contribution in [3.05, 3.63) is 58.1 Å². The van der Waals surface area contributed by atoms with Crippen LogP contribution in [0.5, 0.6) is 11.5 Å². The van der Waals surface area contributed by atoms with E-state index in [1.165, 1.54) is 13.3 Å². The lowest BCUT2D eigenvalue weighted by Gasteiger charge is -2.09. The van der Waals surface area contributed by atoms with E-state index in [0.29, 0.717) is 22.1 Å². The zero-order valence-electron chi connectivity index (χ0n) is 13.9. The van der Waals surface area contributed by atoms with Gasteiger partial charge >= 0.3 is 0 Å². The number of nitrogens with one attached hydrogen (secondary N) is 1. The average molecular weight is 357 g/mol. The molecular formula is C19H17ClN2O3. The summed E-state index contributed by atoms with van der Waals surface area (Å²) in [5.74, 6) is 3.10. The predicted molar refractivity (Wildman–Crippen MR) is 98.6 cm³/mol. The Kier molecular flexibility index (Phi) is 6.44. The van der Waals surface area contributed by atoms with E-state index >= 15 is 0 Å². The van der Waals surface area contributed by atoms with Crippen molar-refractivity contribution in [3.8, 4) is 23.8 Å². The molecule has 128 valence electrons. The fourth-order valence-corrected chi connectivity index (χ4v) is 2.15. The van der Waals surface area contributed by atoms with Crippen LogP contribution < -0.4 is 14.9 Å². The molecule has 0 aliphatic heterocycles. The molecule has 0 aliphatic rings. The number of hydrogen-bond acceptors (Lipinski definition) is 4. The van der Waals surface area contributed by atoms with E-state index in [9.17, 15) is 4.79 Å². The quantitative estimate of drug-likeness (QED) is 0.490. The number of rotatable bonds is 6. The Morgan fingerprint density at radius 1 is 1.32 bits per heavy atom. The molecule has 0 unspecified atom stereocenters. The Hall–Kier alpha value is -2.97. The molecule has 2 aromatic rings. The highest BCUT2D eigenvalue weighted by Crippen LogP contribution is 2.27. The minimum atomic E-state index is -0.348. The average Bonchev–Trinajstić information content (AvgIpc) is 2.62. The van der Waals surface area contributed by atoms with Crippen LogP contribution >= 0.6 is 11.6 Å². The van der Waals surface area contributed by atoms with Crippen LogP contribution in [0, 0.1) is 19.3 Å². The molecule has 0 spiro atoms. The summed E-state index contributed by atoms with van der Waals surface area (Å²) in [4.78, 5) is 12.0. The lowest BCUT2D eigenvalue weighted by molar-refractivity contribution is 0.0955. The number of ether oxygens (including phenoxy) is 2. The minimum absolute atomic E-state index is 0.152. The third kappa shape index (κ3) is 5.00. The van der Waals surface area contributed by atoms with Gasteiger partial charge in [0.15, 0.2) is 11.5 Å². The van der Waals surface area contributed by atoms with Gasteiger partial charge in [0.1, 0.15) is 6.61 Å². The van der Waals surface area contributed by atoms with Crippen molar-refractivity contribution in [2.45, 2.75) is 6.92 Å². The monoisotopic (exact) mass is 356 g/mol. The Labute approximate surface area is 151 Å². The van der Waals surface area contributed by atoms with Crippen molar-refractivity contribution >= 4 is 23.7 Å². The molecule has 0 saturated heterocycles. The summed E-state index contributed by atoms with van der Waals surface area (Å²) in [5.41, 5.74) is 4.52. The van der Waals surface area contributed by atoms with Crippen LogP contribution in [0.3, 0.4) is 0 Å². The molecule has 1 amide bonds. The Bertz CT molecular complexity index is 841. The third-order valence-corrected chi connectivity index (χ3v) is 3.72. The van der Waals surface area contributed by atoms with Crippen molar-refractivity contribution in [2.24, 2.45) is 5.10 Å². The van der Waals surface area contributed by atoms with Crippen LogP contribution in [0.15, 0.2) is 41.5 Å². The van der Waals surface area contributed by atoms with Crippen LogP contribution in [-0.2, 0) is 0 Å². The van der Waals surface area contributed by atoms with Gasteiger partial charge in [-0.05, 0) is 48.4 Å². The van der Waals surface area contributed by atoms with E-state index in [1.54, 1.807) is 36.4 Å². The number of aryl methyl sites for hydroxylation is 1. The summed E-state index contributed by atoms with van der Waals surface area (Å²) >= 11 is 6.02. The summed E-state index contributed by atoms with van der Waals surface area (Å²) in [6, 6.07) is 10.3. The van der Waals surface area contributed by atoms with Gasteiger partial charge < -0.3 is 9.47 Å². The number of methoxy groups -OCH3 is 1. The van der Waals surface area contributed by atoms with E-state index in [0.717, 1.165) is 11.1 Å². The number of carbonyl (C=O) groups is 1. The van der Waals surface area contributed by atoms with Gasteiger partial charge in [-0.15, -0.1) is 6.42 Å². The number of carbonyl (C=O) groups excluding carboxylic acids is 1. The molecular weight excluding hydrogens is 340 g/mol. The normalized spacial score (nSPS) is 10.3. The first-order chi connectivity index (χ1) is 12.0. The maximum atomic E-state index is 12.0. The first-order valence-corrected chi connectivity index (χ1v) is 7.77. The fraction of sp³-hybridized carbons (Fsp3) is 0.158. The Balaban J connectivity index is 2.05. The van der Waals surface area contributed by atoms with Gasteiger partial charge in [-0.25, -0.2) is 5.43 Å². The van der Waals surface area contributed by atoms with E-state index in [-0.39, 0.29) is 12.5 Å². The summed E-state index contributed by atoms with van der Waals surface area (Å²) in [6.07, 6.45) is 6.67. The van der Waals surface area contributed by atoms with E-state index < -0.39 is 0 Å². The molecule has 0 heterocycles. The highest BCUT2D eigenvalue weighted by atomic mass is 35.5. The molecule has 5 nitrogen and oxygen atoms in total. The lowest BCUT2D eigenvalue weighted by atomic mass is 10.1. The first-order valence-electron chi connectivity index (χ1n) is 7.39. The third-order valence-electron chi connectivity index (χ3n) is 3.31. The zero-order chi connectivity index (χ0) is 18.2. The number of terminal acetylenes is 1. The van der Waals surface area contributed by atoms with E-state index in [2.05, 4.69) is 16.4 Å². The van der Waals surface area contributed by atoms with Gasteiger partial charge in [0.2, 0.25) is 0 Å². The summed E-state index contributed by atoms with van der Waals surface area (Å²) in [5, 5.41) is 4.47. The molecule has 0 bridgehead atoms. The van der Waals surface area contributed by atoms with Gasteiger partial charge in [0, 0.05) is 10.6 Å². The molecule has 0 saturated carbocycles. The van der Waals surface area contributed by atoms with Crippen LogP contribution in [0.2, 0.25) is 5.02 Å². The van der Waals surface area contributed by atoms with Gasteiger partial charge in [-0.1, -0.05) is 23.6 Å². The Morgan fingerprint density at radius 2 is 2.12 bits per heavy atom. The number of hydrazone groups is 1. The largest absolute Gasteiger partial charge is 0.493 e. The standard InChI is InChI=1S/C19H17ClN2O3/c1-4-9-25-17-8-6-14(10-18(17)24-3)12-21-22-19(23)15-7-5-13(2)16(20)11-15/h1,5-8,10-12H,9H2,2-3H3,(H,22,23)/b21-12-. The molecule has 2 rings (SSSR count). The first kappa shape index (κ1) is 18.4. The molecule has 0 aliphatic carbocycles. The van der Waals surface area contributed by atoms with Crippen LogP contribution in [0.25, 0.3) is 0 Å². The predicted octanol–water partition coefficient (Wildman–Crippen LogP) is 3.43. The molecule has 1 N–H and O–H groups in total. The molecule has 2 aromatic carbocycles. The van der Waals surface area contributed by atoms with Crippen LogP contribution in [-0.4, -0.2) is 25.8 Å². The number of hydrogen-bond donors (Lipinski definition) is 1. The smallest absolute Gasteiger partial charge is 0.271 e. The molecule has 0 fully saturated rings. The second-order valence-corrected chi connectivity index (χ2v) is 5.47. The van der Waals surface area contributed by atoms with Crippen molar-refractivity contribution in [1.29, 1.82) is 0 Å².